The van der Waals surface area contributed by atoms with Crippen LogP contribution in [-0.4, -0.2) is 31.9 Å². The maximum atomic E-state index is 11.6. The molecule has 1 rings (SSSR count). The molecule has 0 aromatic carbocycles. The average molecular weight is 273 g/mol. The van der Waals surface area contributed by atoms with Crippen LogP contribution < -0.4 is 16.6 Å². The normalized spacial score (nSPS) is 12.6. The standard InChI is InChI=1S/C11H19N3O3S/c1-13-9(7-10(15)14(2)11(13)16)8-12-5-4-6-18(3)17/h7,12H,4-6,8H2,1-3H3. The van der Waals surface area contributed by atoms with Crippen LogP contribution in [0.1, 0.15) is 12.1 Å². The van der Waals surface area contributed by atoms with Gasteiger partial charge in [0.15, 0.2) is 0 Å². The molecule has 0 amide bonds. The molecule has 1 aromatic heterocycles. The molecule has 102 valence electrons. The minimum absolute atomic E-state index is 0.301. The summed E-state index contributed by atoms with van der Waals surface area (Å²) in [6.45, 7) is 1.17. The summed E-state index contributed by atoms with van der Waals surface area (Å²) in [7, 11) is 2.32. The van der Waals surface area contributed by atoms with E-state index in [4.69, 9.17) is 0 Å². The van der Waals surface area contributed by atoms with E-state index in [0.717, 1.165) is 11.0 Å². The second-order valence-electron chi connectivity index (χ2n) is 4.18. The summed E-state index contributed by atoms with van der Waals surface area (Å²) in [5.74, 6) is 0.655. The van der Waals surface area contributed by atoms with Crippen LogP contribution in [0.15, 0.2) is 15.7 Å². The summed E-state index contributed by atoms with van der Waals surface area (Å²) in [5.41, 5.74) is 0.0271. The Morgan fingerprint density at radius 1 is 1.28 bits per heavy atom. The molecule has 1 unspecified atom stereocenters. The Morgan fingerprint density at radius 2 is 1.94 bits per heavy atom. The number of rotatable bonds is 6. The number of hydrogen-bond donors (Lipinski definition) is 1. The first-order valence-electron chi connectivity index (χ1n) is 5.70. The van der Waals surface area contributed by atoms with E-state index in [1.807, 2.05) is 0 Å². The van der Waals surface area contributed by atoms with Crippen molar-refractivity contribution >= 4 is 10.8 Å². The fourth-order valence-electron chi connectivity index (χ4n) is 1.56. The summed E-state index contributed by atoms with van der Waals surface area (Å²) in [6, 6.07) is 1.45. The first-order chi connectivity index (χ1) is 8.43. The highest BCUT2D eigenvalue weighted by Crippen LogP contribution is 1.90. The van der Waals surface area contributed by atoms with Crippen LogP contribution in [0.2, 0.25) is 0 Å². The van der Waals surface area contributed by atoms with Gasteiger partial charge in [-0.25, -0.2) is 4.79 Å². The summed E-state index contributed by atoms with van der Waals surface area (Å²) in [6.07, 6.45) is 2.48. The largest absolute Gasteiger partial charge is 0.330 e. The van der Waals surface area contributed by atoms with Gasteiger partial charge < -0.3 is 5.32 Å². The molecule has 1 atom stereocenters. The smallest absolute Gasteiger partial charge is 0.311 e. The Labute approximate surface area is 108 Å². The summed E-state index contributed by atoms with van der Waals surface area (Å²) in [5, 5.41) is 3.13. The topological polar surface area (TPSA) is 73.1 Å². The van der Waals surface area contributed by atoms with Gasteiger partial charge in [-0.05, 0) is 13.0 Å². The molecular formula is C11H19N3O3S. The molecule has 0 fully saturated rings. The van der Waals surface area contributed by atoms with Gasteiger partial charge in [-0.3, -0.25) is 18.1 Å². The summed E-state index contributed by atoms with van der Waals surface area (Å²) >= 11 is 0. The van der Waals surface area contributed by atoms with Crippen molar-refractivity contribution in [1.82, 2.24) is 14.5 Å². The predicted molar refractivity (Wildman–Crippen MR) is 72.2 cm³/mol. The number of nitrogens with zero attached hydrogens (tertiary/aromatic N) is 2. The van der Waals surface area contributed by atoms with Crippen LogP contribution >= 0.6 is 0 Å². The number of nitrogens with one attached hydrogen (secondary N) is 1. The molecule has 0 radical (unpaired) electrons. The van der Waals surface area contributed by atoms with Crippen molar-refractivity contribution in [2.24, 2.45) is 14.1 Å². The highest BCUT2D eigenvalue weighted by molar-refractivity contribution is 7.84. The first kappa shape index (κ1) is 14.8. The van der Waals surface area contributed by atoms with Gasteiger partial charge in [0, 0.05) is 55.2 Å². The van der Waals surface area contributed by atoms with E-state index in [-0.39, 0.29) is 11.2 Å². The Kier molecular flexibility index (Phi) is 5.49. The van der Waals surface area contributed by atoms with E-state index in [1.165, 1.54) is 17.7 Å². The molecule has 0 aliphatic rings. The molecule has 0 spiro atoms. The van der Waals surface area contributed by atoms with Crippen molar-refractivity contribution in [1.29, 1.82) is 0 Å². The minimum Gasteiger partial charge on any atom is -0.311 e. The third-order valence-electron chi connectivity index (χ3n) is 2.72. The highest BCUT2D eigenvalue weighted by atomic mass is 32.2. The number of hydrogen-bond acceptors (Lipinski definition) is 4. The predicted octanol–water partition coefficient (Wildman–Crippen LogP) is -1.06. The van der Waals surface area contributed by atoms with Crippen molar-refractivity contribution in [2.75, 3.05) is 18.6 Å². The van der Waals surface area contributed by atoms with E-state index in [2.05, 4.69) is 5.32 Å². The molecule has 0 aliphatic carbocycles. The van der Waals surface area contributed by atoms with Crippen molar-refractivity contribution in [2.45, 2.75) is 13.0 Å². The molecule has 1 aromatic rings. The van der Waals surface area contributed by atoms with Crippen LogP contribution in [0.4, 0.5) is 0 Å². The van der Waals surface area contributed by atoms with E-state index < -0.39 is 10.8 Å². The number of aromatic nitrogens is 2. The molecule has 7 heteroatoms. The van der Waals surface area contributed by atoms with Crippen molar-refractivity contribution in [3.05, 3.63) is 32.6 Å². The Bertz CT molecular complexity index is 547. The van der Waals surface area contributed by atoms with E-state index in [1.54, 1.807) is 13.3 Å². The molecule has 0 aliphatic heterocycles. The van der Waals surface area contributed by atoms with Gasteiger partial charge in [-0.15, -0.1) is 0 Å². The molecule has 1 N–H and O–H groups in total. The average Bonchev–Trinajstić information content (AvgIpc) is 2.32. The fraction of sp³-hybridized carbons (Fsp3) is 0.636. The molecule has 6 nitrogen and oxygen atoms in total. The van der Waals surface area contributed by atoms with Crippen molar-refractivity contribution < 1.29 is 4.21 Å². The lowest BCUT2D eigenvalue weighted by Gasteiger charge is -2.10. The van der Waals surface area contributed by atoms with Gasteiger partial charge in [0.1, 0.15) is 0 Å². The zero-order valence-corrected chi connectivity index (χ0v) is 11.7. The van der Waals surface area contributed by atoms with Crippen LogP contribution in [0.5, 0.6) is 0 Å². The van der Waals surface area contributed by atoms with Crippen LogP contribution in [0.25, 0.3) is 0 Å². The van der Waals surface area contributed by atoms with Gasteiger partial charge >= 0.3 is 5.69 Å². The van der Waals surface area contributed by atoms with Gasteiger partial charge in [0.2, 0.25) is 0 Å². The molecule has 0 saturated heterocycles. The molecule has 0 saturated carbocycles. The summed E-state index contributed by atoms with van der Waals surface area (Å²) < 4.78 is 13.4. The van der Waals surface area contributed by atoms with Crippen LogP contribution in [0, 0.1) is 0 Å². The van der Waals surface area contributed by atoms with E-state index in [9.17, 15) is 13.8 Å². The second-order valence-corrected chi connectivity index (χ2v) is 5.74. The third kappa shape index (κ3) is 3.92. The molecule has 18 heavy (non-hydrogen) atoms. The minimum atomic E-state index is -0.777. The van der Waals surface area contributed by atoms with Gasteiger partial charge in [0.25, 0.3) is 5.56 Å². The molecule has 0 bridgehead atoms. The van der Waals surface area contributed by atoms with Crippen LogP contribution in [-0.2, 0) is 31.4 Å². The van der Waals surface area contributed by atoms with E-state index in [0.29, 0.717) is 24.5 Å². The van der Waals surface area contributed by atoms with Crippen LogP contribution in [0.3, 0.4) is 0 Å². The van der Waals surface area contributed by atoms with Gasteiger partial charge in [-0.2, -0.15) is 0 Å². The lowest BCUT2D eigenvalue weighted by atomic mass is 10.3. The first-order valence-corrected chi connectivity index (χ1v) is 7.43. The molecule has 1 heterocycles. The fourth-order valence-corrected chi connectivity index (χ4v) is 2.12. The monoisotopic (exact) mass is 273 g/mol. The zero-order valence-electron chi connectivity index (χ0n) is 10.9. The Balaban J connectivity index is 2.61. The van der Waals surface area contributed by atoms with E-state index >= 15 is 0 Å². The molecular weight excluding hydrogens is 254 g/mol. The summed E-state index contributed by atoms with van der Waals surface area (Å²) in [4.78, 5) is 23.1. The lowest BCUT2D eigenvalue weighted by molar-refractivity contribution is 0.597. The van der Waals surface area contributed by atoms with Gasteiger partial charge in [0.05, 0.1) is 0 Å². The maximum Gasteiger partial charge on any atom is 0.330 e. The highest BCUT2D eigenvalue weighted by Gasteiger charge is 2.04. The Morgan fingerprint density at radius 3 is 2.56 bits per heavy atom. The second kappa shape index (κ2) is 6.65. The van der Waals surface area contributed by atoms with Crippen molar-refractivity contribution in [3.63, 3.8) is 0 Å². The SMILES string of the molecule is Cn1c(CNCCCS(C)=O)cc(=O)n(C)c1=O. The maximum absolute atomic E-state index is 11.6. The van der Waals surface area contributed by atoms with Gasteiger partial charge in [-0.1, -0.05) is 0 Å². The third-order valence-corrected chi connectivity index (χ3v) is 3.58. The Hall–Kier alpha value is -1.21. The zero-order chi connectivity index (χ0) is 13.7. The lowest BCUT2D eigenvalue weighted by Crippen LogP contribution is -2.39. The van der Waals surface area contributed by atoms with Crippen molar-refractivity contribution in [3.8, 4) is 0 Å². The quantitative estimate of drug-likeness (QED) is 0.671.